The first-order chi connectivity index (χ1) is 8.01. The molecule has 0 aromatic heterocycles. The Labute approximate surface area is 108 Å². The van der Waals surface area contributed by atoms with Gasteiger partial charge < -0.3 is 10.2 Å². The molecule has 0 aromatic carbocycles. The summed E-state index contributed by atoms with van der Waals surface area (Å²) in [6, 6.07) is 0.773. The minimum Gasteiger partial charge on any atom is -0.314 e. The van der Waals surface area contributed by atoms with Gasteiger partial charge in [0.2, 0.25) is 0 Å². The van der Waals surface area contributed by atoms with Crippen molar-refractivity contribution >= 4 is 0 Å². The Morgan fingerprint density at radius 2 is 1.82 bits per heavy atom. The Hall–Kier alpha value is -0.0800. The van der Waals surface area contributed by atoms with E-state index in [4.69, 9.17) is 0 Å². The van der Waals surface area contributed by atoms with E-state index in [0.717, 1.165) is 6.04 Å². The van der Waals surface area contributed by atoms with Crippen molar-refractivity contribution < 1.29 is 0 Å². The van der Waals surface area contributed by atoms with Gasteiger partial charge in [0.1, 0.15) is 0 Å². The smallest absolute Gasteiger partial charge is 0.00914 e. The quantitative estimate of drug-likeness (QED) is 0.766. The molecule has 0 bridgehead atoms. The van der Waals surface area contributed by atoms with E-state index in [1.165, 1.54) is 58.3 Å². The van der Waals surface area contributed by atoms with Gasteiger partial charge in [0.05, 0.1) is 0 Å². The number of unbranched alkanes of at least 4 members (excludes halogenated alkanes) is 1. The van der Waals surface area contributed by atoms with Gasteiger partial charge in [-0.25, -0.2) is 0 Å². The van der Waals surface area contributed by atoms with Crippen LogP contribution in [-0.4, -0.2) is 37.1 Å². The van der Waals surface area contributed by atoms with Crippen LogP contribution >= 0.6 is 0 Å². The Morgan fingerprint density at radius 1 is 1.18 bits per heavy atom. The van der Waals surface area contributed by atoms with Crippen LogP contribution in [-0.2, 0) is 0 Å². The molecule has 0 amide bonds. The fraction of sp³-hybridized carbons (Fsp3) is 1.00. The zero-order chi connectivity index (χ0) is 12.7. The maximum absolute atomic E-state index is 3.73. The first-order valence-corrected chi connectivity index (χ1v) is 7.47. The van der Waals surface area contributed by atoms with E-state index >= 15 is 0 Å². The number of hydrogen-bond acceptors (Lipinski definition) is 2. The third-order valence-corrected chi connectivity index (χ3v) is 3.72. The highest BCUT2D eigenvalue weighted by Gasteiger charge is 2.18. The predicted molar refractivity (Wildman–Crippen MR) is 76.4 cm³/mol. The first-order valence-electron chi connectivity index (χ1n) is 7.47. The topological polar surface area (TPSA) is 15.3 Å². The van der Waals surface area contributed by atoms with E-state index in [1.54, 1.807) is 0 Å². The van der Waals surface area contributed by atoms with Crippen LogP contribution < -0.4 is 5.32 Å². The second-order valence-corrected chi connectivity index (χ2v) is 6.73. The van der Waals surface area contributed by atoms with Gasteiger partial charge in [-0.1, -0.05) is 34.1 Å². The lowest BCUT2D eigenvalue weighted by Gasteiger charge is -2.33. The molecule has 0 radical (unpaired) electrons. The summed E-state index contributed by atoms with van der Waals surface area (Å²) in [7, 11) is 0. The van der Waals surface area contributed by atoms with Crippen LogP contribution in [0.1, 0.15) is 59.8 Å². The molecular formula is C15H32N2. The molecule has 1 N–H and O–H groups in total. The van der Waals surface area contributed by atoms with Gasteiger partial charge in [0.15, 0.2) is 0 Å². The fourth-order valence-electron chi connectivity index (χ4n) is 2.39. The SMILES string of the molecule is CCCCN1CCC(NCCC(C)(C)C)CC1. The number of rotatable bonds is 6. The molecule has 0 atom stereocenters. The summed E-state index contributed by atoms with van der Waals surface area (Å²) < 4.78 is 0. The van der Waals surface area contributed by atoms with E-state index in [9.17, 15) is 0 Å². The molecule has 0 unspecified atom stereocenters. The molecule has 1 rings (SSSR count). The van der Waals surface area contributed by atoms with Crippen molar-refractivity contribution in [3.63, 3.8) is 0 Å². The Bertz CT molecular complexity index is 188. The normalized spacial score (nSPS) is 19.8. The summed E-state index contributed by atoms with van der Waals surface area (Å²) >= 11 is 0. The fourth-order valence-corrected chi connectivity index (χ4v) is 2.39. The average molecular weight is 240 g/mol. The Kier molecular flexibility index (Phi) is 6.50. The molecule has 1 aliphatic heterocycles. The Morgan fingerprint density at radius 3 is 2.35 bits per heavy atom. The maximum Gasteiger partial charge on any atom is 0.00914 e. The van der Waals surface area contributed by atoms with E-state index in [0.29, 0.717) is 5.41 Å². The predicted octanol–water partition coefficient (Wildman–Crippen LogP) is 3.28. The summed E-state index contributed by atoms with van der Waals surface area (Å²) in [5, 5.41) is 3.73. The van der Waals surface area contributed by atoms with Crippen LogP contribution in [0.5, 0.6) is 0 Å². The molecule has 102 valence electrons. The standard InChI is InChI=1S/C15H32N2/c1-5-6-11-17-12-7-14(8-13-17)16-10-9-15(2,3)4/h14,16H,5-13H2,1-4H3. The molecule has 0 spiro atoms. The van der Waals surface area contributed by atoms with Gasteiger partial charge >= 0.3 is 0 Å². The minimum absolute atomic E-state index is 0.467. The highest BCUT2D eigenvalue weighted by molar-refractivity contribution is 4.77. The van der Waals surface area contributed by atoms with Crippen molar-refractivity contribution in [1.82, 2.24) is 10.2 Å². The summed E-state index contributed by atoms with van der Waals surface area (Å²) in [6.07, 6.45) is 6.65. The van der Waals surface area contributed by atoms with Crippen molar-refractivity contribution in [1.29, 1.82) is 0 Å². The molecule has 2 heteroatoms. The van der Waals surface area contributed by atoms with Crippen molar-refractivity contribution in [2.75, 3.05) is 26.2 Å². The summed E-state index contributed by atoms with van der Waals surface area (Å²) in [5.74, 6) is 0. The molecular weight excluding hydrogens is 208 g/mol. The summed E-state index contributed by atoms with van der Waals surface area (Å²) in [6.45, 7) is 14.3. The molecule has 1 saturated heterocycles. The highest BCUT2D eigenvalue weighted by Crippen LogP contribution is 2.18. The van der Waals surface area contributed by atoms with Crippen LogP contribution in [0.2, 0.25) is 0 Å². The van der Waals surface area contributed by atoms with Crippen molar-refractivity contribution in [2.45, 2.75) is 65.8 Å². The number of nitrogens with zero attached hydrogens (tertiary/aromatic N) is 1. The highest BCUT2D eigenvalue weighted by atomic mass is 15.1. The van der Waals surface area contributed by atoms with Gasteiger partial charge in [0.25, 0.3) is 0 Å². The second kappa shape index (κ2) is 7.38. The van der Waals surface area contributed by atoms with Crippen LogP contribution in [0, 0.1) is 5.41 Å². The van der Waals surface area contributed by atoms with Crippen molar-refractivity contribution in [3.8, 4) is 0 Å². The van der Waals surface area contributed by atoms with Gasteiger partial charge in [-0.05, 0) is 57.3 Å². The monoisotopic (exact) mass is 240 g/mol. The molecule has 0 saturated carbocycles. The molecule has 0 aliphatic carbocycles. The second-order valence-electron chi connectivity index (χ2n) is 6.73. The van der Waals surface area contributed by atoms with E-state index in [1.807, 2.05) is 0 Å². The zero-order valence-electron chi connectivity index (χ0n) is 12.4. The molecule has 1 heterocycles. The van der Waals surface area contributed by atoms with Crippen molar-refractivity contribution in [3.05, 3.63) is 0 Å². The molecule has 0 aromatic rings. The Balaban J connectivity index is 2.07. The molecule has 1 aliphatic rings. The van der Waals surface area contributed by atoms with Crippen LogP contribution in [0.4, 0.5) is 0 Å². The van der Waals surface area contributed by atoms with Gasteiger partial charge in [0, 0.05) is 6.04 Å². The van der Waals surface area contributed by atoms with Gasteiger partial charge in [-0.15, -0.1) is 0 Å². The number of hydrogen-bond donors (Lipinski definition) is 1. The average Bonchev–Trinajstić information content (AvgIpc) is 2.26. The molecule has 17 heavy (non-hydrogen) atoms. The number of likely N-dealkylation sites (tertiary alicyclic amines) is 1. The van der Waals surface area contributed by atoms with Gasteiger partial charge in [-0.2, -0.15) is 0 Å². The van der Waals surface area contributed by atoms with Crippen molar-refractivity contribution in [2.24, 2.45) is 5.41 Å². The first kappa shape index (κ1) is 15.0. The lowest BCUT2D eigenvalue weighted by Crippen LogP contribution is -2.43. The number of nitrogens with one attached hydrogen (secondary N) is 1. The van der Waals surface area contributed by atoms with E-state index in [-0.39, 0.29) is 0 Å². The molecule has 1 fully saturated rings. The van der Waals surface area contributed by atoms with E-state index < -0.39 is 0 Å². The van der Waals surface area contributed by atoms with E-state index in [2.05, 4.69) is 37.9 Å². The van der Waals surface area contributed by atoms with Crippen LogP contribution in [0.3, 0.4) is 0 Å². The largest absolute Gasteiger partial charge is 0.314 e. The van der Waals surface area contributed by atoms with Crippen LogP contribution in [0.15, 0.2) is 0 Å². The summed E-state index contributed by atoms with van der Waals surface area (Å²) in [4.78, 5) is 2.63. The maximum atomic E-state index is 3.73. The minimum atomic E-state index is 0.467. The zero-order valence-corrected chi connectivity index (χ0v) is 12.4. The molecule has 2 nitrogen and oxygen atoms in total. The van der Waals surface area contributed by atoms with Gasteiger partial charge in [-0.3, -0.25) is 0 Å². The number of piperidine rings is 1. The van der Waals surface area contributed by atoms with Crippen LogP contribution in [0.25, 0.3) is 0 Å². The lowest BCUT2D eigenvalue weighted by molar-refractivity contribution is 0.192. The summed E-state index contributed by atoms with van der Waals surface area (Å²) in [5.41, 5.74) is 0.467. The lowest BCUT2D eigenvalue weighted by atomic mass is 9.92. The third-order valence-electron chi connectivity index (χ3n) is 3.72. The third kappa shape index (κ3) is 7.05.